The van der Waals surface area contributed by atoms with Gasteiger partial charge in [0, 0.05) is 19.6 Å². The largest absolute Gasteiger partial charge is 0.454 e. The zero-order valence-corrected chi connectivity index (χ0v) is 12.6. The van der Waals surface area contributed by atoms with Crippen LogP contribution in [0.4, 0.5) is 4.79 Å². The summed E-state index contributed by atoms with van der Waals surface area (Å²) < 4.78 is 33.1. The lowest BCUT2D eigenvalue weighted by Crippen LogP contribution is -2.40. The number of fused-ring (bicyclic) bond motifs is 1. The Bertz CT molecular complexity index is 691. The van der Waals surface area contributed by atoms with E-state index in [1.54, 1.807) is 12.1 Å². The number of carbonyl (C=O) groups is 1. The number of carbonyl (C=O) groups excluding carboxylic acids is 1. The summed E-state index contributed by atoms with van der Waals surface area (Å²) in [5, 5.41) is 7.19. The molecule has 0 radical (unpaired) electrons. The molecule has 1 fully saturated rings. The van der Waals surface area contributed by atoms with E-state index in [0.29, 0.717) is 31.0 Å². The minimum absolute atomic E-state index is 0.131. The van der Waals surface area contributed by atoms with Gasteiger partial charge in [-0.05, 0) is 24.1 Å². The number of amides is 2. The highest BCUT2D eigenvalue weighted by Gasteiger charge is 2.33. The van der Waals surface area contributed by atoms with Gasteiger partial charge in [0.2, 0.25) is 16.8 Å². The molecule has 0 unspecified atom stereocenters. The molecule has 0 saturated carbocycles. The molecule has 2 heterocycles. The summed E-state index contributed by atoms with van der Waals surface area (Å²) in [7, 11) is -3.60. The highest BCUT2D eigenvalue weighted by atomic mass is 32.2. The Morgan fingerprint density at radius 3 is 2.86 bits per heavy atom. The number of likely N-dealkylation sites (tertiary alicyclic amines) is 1. The minimum Gasteiger partial charge on any atom is -0.454 e. The molecular formula is C13H17N3O5S. The van der Waals surface area contributed by atoms with Crippen LogP contribution in [0.15, 0.2) is 18.2 Å². The fourth-order valence-electron chi connectivity index (χ4n) is 2.52. The number of primary sulfonamides is 1. The minimum atomic E-state index is -3.60. The zero-order chi connectivity index (χ0) is 15.7. The van der Waals surface area contributed by atoms with Crippen LogP contribution < -0.4 is 19.9 Å². The van der Waals surface area contributed by atoms with Crippen LogP contribution in [0.2, 0.25) is 0 Å². The average molecular weight is 327 g/mol. The van der Waals surface area contributed by atoms with Crippen LogP contribution >= 0.6 is 0 Å². The molecular weight excluding hydrogens is 310 g/mol. The van der Waals surface area contributed by atoms with Gasteiger partial charge in [-0.15, -0.1) is 0 Å². The van der Waals surface area contributed by atoms with E-state index < -0.39 is 15.3 Å². The van der Waals surface area contributed by atoms with Gasteiger partial charge in [-0.1, -0.05) is 6.07 Å². The molecule has 22 heavy (non-hydrogen) atoms. The van der Waals surface area contributed by atoms with E-state index in [0.717, 1.165) is 5.56 Å². The van der Waals surface area contributed by atoms with Crippen molar-refractivity contribution in [1.82, 2.24) is 10.2 Å². The highest BCUT2D eigenvalue weighted by Crippen LogP contribution is 2.32. The number of nitrogens with one attached hydrogen (secondary N) is 1. The van der Waals surface area contributed by atoms with Crippen LogP contribution in [0.1, 0.15) is 12.0 Å². The Morgan fingerprint density at radius 2 is 2.14 bits per heavy atom. The predicted octanol–water partition coefficient (Wildman–Crippen LogP) is -0.0123. The van der Waals surface area contributed by atoms with Crippen molar-refractivity contribution >= 4 is 16.1 Å². The Morgan fingerprint density at radius 1 is 1.36 bits per heavy atom. The first-order chi connectivity index (χ1) is 10.4. The topological polar surface area (TPSA) is 111 Å². The molecule has 120 valence electrons. The fraction of sp³-hybridized carbons (Fsp3) is 0.462. The number of hydrogen-bond acceptors (Lipinski definition) is 5. The van der Waals surface area contributed by atoms with Gasteiger partial charge in [0.25, 0.3) is 0 Å². The molecule has 3 N–H and O–H groups in total. The standard InChI is InChI=1S/C13H17N3O5S/c14-22(18,19)10-3-4-16(7-10)13(17)15-6-9-1-2-11-12(5-9)21-8-20-11/h1-2,5,10H,3-4,6-8H2,(H,15,17)(H2,14,18,19)/t10-/m0/s1. The van der Waals surface area contributed by atoms with Gasteiger partial charge in [-0.2, -0.15) is 0 Å². The third-order valence-corrected chi connectivity index (χ3v) is 5.09. The second-order valence-corrected chi connectivity index (χ2v) is 7.14. The lowest BCUT2D eigenvalue weighted by atomic mass is 10.2. The Balaban J connectivity index is 1.55. The molecule has 1 aromatic rings. The maximum atomic E-state index is 12.0. The van der Waals surface area contributed by atoms with Crippen molar-refractivity contribution in [3.05, 3.63) is 23.8 Å². The molecule has 0 aromatic heterocycles. The van der Waals surface area contributed by atoms with Crippen LogP contribution in [0, 0.1) is 0 Å². The van der Waals surface area contributed by atoms with E-state index in [1.165, 1.54) is 4.90 Å². The first-order valence-corrected chi connectivity index (χ1v) is 8.47. The normalized spacial score (nSPS) is 20.2. The number of ether oxygens (including phenoxy) is 2. The molecule has 0 spiro atoms. The van der Waals surface area contributed by atoms with E-state index in [9.17, 15) is 13.2 Å². The van der Waals surface area contributed by atoms with Crippen LogP contribution in [0.25, 0.3) is 0 Å². The smallest absolute Gasteiger partial charge is 0.317 e. The lowest BCUT2D eigenvalue weighted by molar-refractivity contribution is 0.174. The third-order valence-electron chi connectivity index (χ3n) is 3.78. The van der Waals surface area contributed by atoms with Gasteiger partial charge in [0.1, 0.15) is 0 Å². The molecule has 1 saturated heterocycles. The molecule has 2 aliphatic rings. The molecule has 0 bridgehead atoms. The number of nitrogens with zero attached hydrogens (tertiary/aromatic N) is 1. The van der Waals surface area contributed by atoms with Crippen LogP contribution in [-0.4, -0.2) is 44.5 Å². The number of nitrogens with two attached hydrogens (primary N) is 1. The van der Waals surface area contributed by atoms with E-state index in [1.807, 2.05) is 6.07 Å². The monoisotopic (exact) mass is 327 g/mol. The highest BCUT2D eigenvalue weighted by molar-refractivity contribution is 7.89. The van der Waals surface area contributed by atoms with Gasteiger partial charge in [0.15, 0.2) is 11.5 Å². The Hall–Kier alpha value is -2.00. The van der Waals surface area contributed by atoms with Crippen molar-refractivity contribution < 1.29 is 22.7 Å². The van der Waals surface area contributed by atoms with Crippen molar-refractivity contribution in [2.75, 3.05) is 19.9 Å². The van der Waals surface area contributed by atoms with Crippen LogP contribution in [-0.2, 0) is 16.6 Å². The maximum absolute atomic E-state index is 12.0. The predicted molar refractivity (Wildman–Crippen MR) is 77.9 cm³/mol. The van der Waals surface area contributed by atoms with Crippen molar-refractivity contribution in [2.45, 2.75) is 18.2 Å². The first-order valence-electron chi connectivity index (χ1n) is 6.86. The summed E-state index contributed by atoms with van der Waals surface area (Å²) in [5.74, 6) is 1.34. The zero-order valence-electron chi connectivity index (χ0n) is 11.8. The SMILES string of the molecule is NS(=O)(=O)[C@H]1CCN(C(=O)NCc2ccc3c(c2)OCO3)C1. The van der Waals surface area contributed by atoms with Gasteiger partial charge in [-0.25, -0.2) is 18.4 Å². The first kappa shape index (κ1) is 14.9. The van der Waals surface area contributed by atoms with Crippen molar-refractivity contribution in [3.63, 3.8) is 0 Å². The van der Waals surface area contributed by atoms with Crippen molar-refractivity contribution in [3.8, 4) is 11.5 Å². The van der Waals surface area contributed by atoms with Gasteiger partial charge >= 0.3 is 6.03 Å². The van der Waals surface area contributed by atoms with Crippen LogP contribution in [0.3, 0.4) is 0 Å². The van der Waals surface area contributed by atoms with E-state index >= 15 is 0 Å². The summed E-state index contributed by atoms with van der Waals surface area (Å²) in [6, 6.07) is 5.13. The molecule has 1 atom stereocenters. The molecule has 9 heteroatoms. The maximum Gasteiger partial charge on any atom is 0.317 e. The Labute approximate surface area is 128 Å². The summed E-state index contributed by atoms with van der Waals surface area (Å²) >= 11 is 0. The third kappa shape index (κ3) is 3.09. The molecule has 2 aliphatic heterocycles. The van der Waals surface area contributed by atoms with E-state index in [2.05, 4.69) is 5.32 Å². The fourth-order valence-corrected chi connectivity index (χ4v) is 3.34. The van der Waals surface area contributed by atoms with Crippen LogP contribution in [0.5, 0.6) is 11.5 Å². The number of sulfonamides is 1. The van der Waals surface area contributed by atoms with Crippen molar-refractivity contribution in [1.29, 1.82) is 0 Å². The number of rotatable bonds is 3. The summed E-state index contributed by atoms with van der Waals surface area (Å²) in [5.41, 5.74) is 0.875. The quantitative estimate of drug-likeness (QED) is 0.811. The molecule has 3 rings (SSSR count). The summed E-state index contributed by atoms with van der Waals surface area (Å²) in [6.07, 6.45) is 0.371. The van der Waals surface area contributed by atoms with Gasteiger partial charge in [0.05, 0.1) is 5.25 Å². The Kier molecular flexibility index (Phi) is 3.83. The van der Waals surface area contributed by atoms with Crippen molar-refractivity contribution in [2.24, 2.45) is 5.14 Å². The lowest BCUT2D eigenvalue weighted by Gasteiger charge is -2.17. The average Bonchev–Trinajstić information content (AvgIpc) is 3.12. The van der Waals surface area contributed by atoms with Gasteiger partial charge < -0.3 is 19.7 Å². The number of benzene rings is 1. The number of hydrogen-bond donors (Lipinski definition) is 2. The molecule has 0 aliphatic carbocycles. The van der Waals surface area contributed by atoms with E-state index in [-0.39, 0.29) is 19.4 Å². The van der Waals surface area contributed by atoms with E-state index in [4.69, 9.17) is 14.6 Å². The number of urea groups is 1. The molecule has 2 amide bonds. The summed E-state index contributed by atoms with van der Waals surface area (Å²) in [6.45, 7) is 1.04. The molecule has 1 aromatic carbocycles. The second kappa shape index (κ2) is 5.65. The summed E-state index contributed by atoms with van der Waals surface area (Å²) in [4.78, 5) is 13.5. The molecule has 8 nitrogen and oxygen atoms in total. The van der Waals surface area contributed by atoms with Gasteiger partial charge in [-0.3, -0.25) is 0 Å². The second-order valence-electron chi connectivity index (χ2n) is 5.29.